The number of carbonyl (C=O) groups is 3. The molecule has 6 nitrogen and oxygen atoms in total. The summed E-state index contributed by atoms with van der Waals surface area (Å²) >= 11 is 0. The van der Waals surface area contributed by atoms with Crippen LogP contribution in [0.4, 0.5) is 0 Å². The van der Waals surface area contributed by atoms with E-state index >= 15 is 0 Å². The second-order valence-electron chi connectivity index (χ2n) is 16.4. The van der Waals surface area contributed by atoms with Gasteiger partial charge < -0.3 is 14.2 Å². The highest BCUT2D eigenvalue weighted by molar-refractivity contribution is 5.71. The van der Waals surface area contributed by atoms with E-state index in [0.29, 0.717) is 19.3 Å². The van der Waals surface area contributed by atoms with Gasteiger partial charge in [-0.05, 0) is 70.6 Å². The second kappa shape index (κ2) is 49.2. The first-order chi connectivity index (χ1) is 30.0. The third-order valence-electron chi connectivity index (χ3n) is 10.5. The zero-order chi connectivity index (χ0) is 44.4. The summed E-state index contributed by atoms with van der Waals surface area (Å²) in [5.74, 6) is -0.963. The van der Waals surface area contributed by atoms with Crippen LogP contribution < -0.4 is 0 Å². The molecule has 0 amide bonds. The van der Waals surface area contributed by atoms with Gasteiger partial charge in [0.25, 0.3) is 0 Å². The number of hydrogen-bond acceptors (Lipinski definition) is 6. The third-order valence-corrected chi connectivity index (χ3v) is 10.5. The molecule has 1 atom stereocenters. The van der Waals surface area contributed by atoms with Crippen molar-refractivity contribution in [2.45, 2.75) is 232 Å². The number of hydrogen-bond donors (Lipinski definition) is 0. The Morgan fingerprint density at radius 3 is 1.23 bits per heavy atom. The average Bonchev–Trinajstić information content (AvgIpc) is 3.26. The lowest BCUT2D eigenvalue weighted by atomic mass is 10.0. The molecule has 0 rings (SSSR count). The van der Waals surface area contributed by atoms with Crippen molar-refractivity contribution in [1.82, 2.24) is 0 Å². The Kier molecular flexibility index (Phi) is 46.5. The van der Waals surface area contributed by atoms with Crippen molar-refractivity contribution < 1.29 is 28.6 Å². The van der Waals surface area contributed by atoms with Gasteiger partial charge in [-0.2, -0.15) is 0 Å². The van der Waals surface area contributed by atoms with E-state index in [4.69, 9.17) is 14.2 Å². The van der Waals surface area contributed by atoms with Crippen molar-refractivity contribution in [1.29, 1.82) is 0 Å². The molecule has 0 saturated heterocycles. The third kappa shape index (κ3) is 47.5. The van der Waals surface area contributed by atoms with Gasteiger partial charge in [0.15, 0.2) is 6.10 Å². The molecule has 0 N–H and O–H groups in total. The van der Waals surface area contributed by atoms with Gasteiger partial charge in [-0.25, -0.2) is 0 Å². The van der Waals surface area contributed by atoms with Crippen molar-refractivity contribution in [3.8, 4) is 0 Å². The Labute approximate surface area is 375 Å². The number of carbonyl (C=O) groups excluding carboxylic acids is 3. The first kappa shape index (κ1) is 57.6. The lowest BCUT2D eigenvalue weighted by Gasteiger charge is -2.18. The van der Waals surface area contributed by atoms with E-state index < -0.39 is 6.10 Å². The standard InChI is InChI=1S/C55H92O6/c1-4-7-10-13-16-19-22-25-27-29-30-33-36-39-42-45-48-54(57)60-51-52(50-59-53(56)47-44-41-38-35-32-24-21-18-15-12-9-6-3)61-55(58)49-46-43-40-37-34-31-28-26-23-20-17-14-11-8-5-2/h8-9,11-12,14,17-18,20-21,23,26,28,32,35,52H,4-7,10,13,15-16,19,22,24-25,27,29-31,33-34,36-51H2,1-3H3/b11-8-,12-9-,17-14-,21-18-,23-20-,28-26-,35-32-. The summed E-state index contributed by atoms with van der Waals surface area (Å²) in [6.07, 6.45) is 62.8. The Morgan fingerprint density at radius 1 is 0.361 bits per heavy atom. The van der Waals surface area contributed by atoms with Crippen LogP contribution in [0.2, 0.25) is 0 Å². The Morgan fingerprint density at radius 2 is 0.721 bits per heavy atom. The van der Waals surface area contributed by atoms with Gasteiger partial charge in [-0.3, -0.25) is 14.4 Å². The molecule has 0 aliphatic rings. The molecule has 6 heteroatoms. The van der Waals surface area contributed by atoms with Crippen molar-refractivity contribution in [3.63, 3.8) is 0 Å². The fraction of sp³-hybridized carbons (Fsp3) is 0.691. The molecular formula is C55H92O6. The summed E-state index contributed by atoms with van der Waals surface area (Å²) in [6.45, 7) is 6.33. The molecule has 0 heterocycles. The summed E-state index contributed by atoms with van der Waals surface area (Å²) < 4.78 is 16.7. The fourth-order valence-electron chi connectivity index (χ4n) is 6.76. The highest BCUT2D eigenvalue weighted by atomic mass is 16.6. The molecule has 0 aromatic heterocycles. The van der Waals surface area contributed by atoms with Crippen LogP contribution in [0.15, 0.2) is 85.1 Å². The van der Waals surface area contributed by atoms with Gasteiger partial charge in [0.05, 0.1) is 0 Å². The van der Waals surface area contributed by atoms with Crippen LogP contribution >= 0.6 is 0 Å². The smallest absolute Gasteiger partial charge is 0.306 e. The lowest BCUT2D eigenvalue weighted by Crippen LogP contribution is -2.30. The number of esters is 3. The van der Waals surface area contributed by atoms with E-state index in [-0.39, 0.29) is 31.1 Å². The SMILES string of the molecule is CC\C=C/C=C\C=C/C=C\CCCCCCCC(=O)OC(COC(=O)CCCC/C=C\C/C=C\C/C=C\CC)COC(=O)CCCCCCCCCCCCCCCCCC. The average molecular weight is 849 g/mol. The Balaban J connectivity index is 4.45. The van der Waals surface area contributed by atoms with E-state index in [1.807, 2.05) is 24.3 Å². The maximum Gasteiger partial charge on any atom is 0.306 e. The molecule has 0 fully saturated rings. The van der Waals surface area contributed by atoms with Crippen LogP contribution in [-0.4, -0.2) is 37.2 Å². The van der Waals surface area contributed by atoms with E-state index in [9.17, 15) is 14.4 Å². The predicted molar refractivity (Wildman–Crippen MR) is 261 cm³/mol. The van der Waals surface area contributed by atoms with Gasteiger partial charge in [0.2, 0.25) is 0 Å². The Hall–Kier alpha value is -3.41. The molecule has 0 aromatic rings. The van der Waals surface area contributed by atoms with Gasteiger partial charge in [0.1, 0.15) is 13.2 Å². The van der Waals surface area contributed by atoms with Crippen LogP contribution in [0.5, 0.6) is 0 Å². The number of allylic oxidation sites excluding steroid dienone is 14. The van der Waals surface area contributed by atoms with Gasteiger partial charge in [-0.15, -0.1) is 0 Å². The molecular weight excluding hydrogens is 757 g/mol. The second-order valence-corrected chi connectivity index (χ2v) is 16.4. The summed E-state index contributed by atoms with van der Waals surface area (Å²) in [7, 11) is 0. The van der Waals surface area contributed by atoms with Crippen LogP contribution in [-0.2, 0) is 28.6 Å². The van der Waals surface area contributed by atoms with Crippen molar-refractivity contribution in [3.05, 3.63) is 85.1 Å². The molecule has 0 aliphatic heterocycles. The minimum Gasteiger partial charge on any atom is -0.462 e. The minimum atomic E-state index is -0.802. The fourth-order valence-corrected chi connectivity index (χ4v) is 6.76. The normalized spacial score (nSPS) is 12.8. The molecule has 0 saturated carbocycles. The molecule has 61 heavy (non-hydrogen) atoms. The topological polar surface area (TPSA) is 78.9 Å². The van der Waals surface area contributed by atoms with Crippen molar-refractivity contribution in [2.75, 3.05) is 13.2 Å². The molecule has 0 radical (unpaired) electrons. The predicted octanol–water partition coefficient (Wildman–Crippen LogP) is 16.4. The zero-order valence-electron chi connectivity index (χ0n) is 39.7. The van der Waals surface area contributed by atoms with Crippen LogP contribution in [0.25, 0.3) is 0 Å². The lowest BCUT2D eigenvalue weighted by molar-refractivity contribution is -0.167. The van der Waals surface area contributed by atoms with Gasteiger partial charge in [0, 0.05) is 19.3 Å². The van der Waals surface area contributed by atoms with Crippen LogP contribution in [0.3, 0.4) is 0 Å². The monoisotopic (exact) mass is 849 g/mol. The first-order valence-corrected chi connectivity index (χ1v) is 25.1. The maximum absolute atomic E-state index is 12.8. The van der Waals surface area contributed by atoms with Crippen LogP contribution in [0, 0.1) is 0 Å². The van der Waals surface area contributed by atoms with Crippen molar-refractivity contribution in [2.24, 2.45) is 0 Å². The van der Waals surface area contributed by atoms with Crippen molar-refractivity contribution >= 4 is 17.9 Å². The molecule has 348 valence electrons. The van der Waals surface area contributed by atoms with E-state index in [1.165, 1.54) is 83.5 Å². The molecule has 0 spiro atoms. The van der Waals surface area contributed by atoms with E-state index in [1.54, 1.807) is 0 Å². The summed E-state index contributed by atoms with van der Waals surface area (Å²) in [6, 6.07) is 0. The molecule has 0 aromatic carbocycles. The van der Waals surface area contributed by atoms with E-state index in [2.05, 4.69) is 81.5 Å². The summed E-state index contributed by atoms with van der Waals surface area (Å²) in [4.78, 5) is 37.9. The maximum atomic E-state index is 12.8. The summed E-state index contributed by atoms with van der Waals surface area (Å²) in [5.41, 5.74) is 0. The quantitative estimate of drug-likeness (QED) is 0.0200. The van der Waals surface area contributed by atoms with E-state index in [0.717, 1.165) is 103 Å². The minimum absolute atomic E-state index is 0.0975. The molecule has 0 aliphatic carbocycles. The molecule has 0 bridgehead atoms. The van der Waals surface area contributed by atoms with Gasteiger partial charge in [-0.1, -0.05) is 221 Å². The Bertz CT molecular complexity index is 1200. The van der Waals surface area contributed by atoms with Crippen LogP contribution in [0.1, 0.15) is 226 Å². The molecule has 1 unspecified atom stereocenters. The number of ether oxygens (including phenoxy) is 3. The largest absolute Gasteiger partial charge is 0.462 e. The number of rotatable bonds is 44. The first-order valence-electron chi connectivity index (χ1n) is 25.1. The summed E-state index contributed by atoms with van der Waals surface area (Å²) in [5, 5.41) is 0. The van der Waals surface area contributed by atoms with Gasteiger partial charge >= 0.3 is 17.9 Å². The highest BCUT2D eigenvalue weighted by Crippen LogP contribution is 2.15. The highest BCUT2D eigenvalue weighted by Gasteiger charge is 2.19. The number of unbranched alkanes of at least 4 members (excludes halogenated alkanes) is 22. The zero-order valence-corrected chi connectivity index (χ0v) is 39.7.